The van der Waals surface area contributed by atoms with Crippen LogP contribution in [0.2, 0.25) is 0 Å². The smallest absolute Gasteiger partial charge is 0.123 e. The first-order valence-corrected chi connectivity index (χ1v) is 6.92. The van der Waals surface area contributed by atoms with Crippen molar-refractivity contribution >= 4 is 11.8 Å². The molecule has 1 aliphatic heterocycles. The predicted octanol–water partition coefficient (Wildman–Crippen LogP) is 2.76. The van der Waals surface area contributed by atoms with Crippen LogP contribution in [0.1, 0.15) is 24.1 Å². The Kier molecular flexibility index (Phi) is 2.68. The van der Waals surface area contributed by atoms with Gasteiger partial charge in [0, 0.05) is 11.3 Å². The molecule has 1 fully saturated rings. The minimum absolute atomic E-state index is 0.103. The maximum absolute atomic E-state index is 13.2. The lowest BCUT2D eigenvalue weighted by Gasteiger charge is -2.17. The largest absolute Gasteiger partial charge is 0.309 e. The Morgan fingerprint density at radius 2 is 2.31 bits per heavy atom. The lowest BCUT2D eigenvalue weighted by molar-refractivity contribution is 0.497. The van der Waals surface area contributed by atoms with Gasteiger partial charge in [-0.1, -0.05) is 13.0 Å². The summed E-state index contributed by atoms with van der Waals surface area (Å²) in [5.74, 6) is 1.85. The molecule has 0 amide bonds. The lowest BCUT2D eigenvalue weighted by Crippen LogP contribution is -2.27. The van der Waals surface area contributed by atoms with Crippen LogP contribution in [0.5, 0.6) is 0 Å². The van der Waals surface area contributed by atoms with E-state index >= 15 is 0 Å². The highest BCUT2D eigenvalue weighted by Gasteiger charge is 2.34. The van der Waals surface area contributed by atoms with Crippen molar-refractivity contribution in [2.24, 2.45) is 5.92 Å². The standard InChI is InChI=1S/C13H16FNS/c1-8-6-15-13-11-3-2-10(14)4-9(11)5-12(13)16-7-8/h2-4,8,12-13,15H,5-7H2,1H3. The van der Waals surface area contributed by atoms with Crippen molar-refractivity contribution in [3.63, 3.8) is 0 Å². The first-order valence-electron chi connectivity index (χ1n) is 5.87. The van der Waals surface area contributed by atoms with Gasteiger partial charge < -0.3 is 5.32 Å². The number of thioether (sulfide) groups is 1. The molecular weight excluding hydrogens is 221 g/mol. The summed E-state index contributed by atoms with van der Waals surface area (Å²) < 4.78 is 13.2. The molecule has 1 saturated heterocycles. The van der Waals surface area contributed by atoms with E-state index in [1.807, 2.05) is 17.8 Å². The summed E-state index contributed by atoms with van der Waals surface area (Å²) in [7, 11) is 0. The van der Waals surface area contributed by atoms with Crippen LogP contribution in [0.3, 0.4) is 0 Å². The monoisotopic (exact) mass is 237 g/mol. The maximum Gasteiger partial charge on any atom is 0.123 e. The number of hydrogen-bond donors (Lipinski definition) is 1. The summed E-state index contributed by atoms with van der Waals surface area (Å²) in [5, 5.41) is 4.22. The number of hydrogen-bond acceptors (Lipinski definition) is 2. The molecule has 0 saturated carbocycles. The Hall–Kier alpha value is -0.540. The molecule has 3 atom stereocenters. The fourth-order valence-corrected chi connectivity index (χ4v) is 4.09. The van der Waals surface area contributed by atoms with Crippen molar-refractivity contribution < 1.29 is 4.39 Å². The molecule has 0 spiro atoms. The third-order valence-corrected chi connectivity index (χ3v) is 5.14. The number of nitrogens with one attached hydrogen (secondary N) is 1. The van der Waals surface area contributed by atoms with Gasteiger partial charge in [-0.15, -0.1) is 0 Å². The van der Waals surface area contributed by atoms with Gasteiger partial charge in [0.2, 0.25) is 0 Å². The molecule has 2 aliphatic rings. The van der Waals surface area contributed by atoms with E-state index in [2.05, 4.69) is 12.2 Å². The zero-order chi connectivity index (χ0) is 11.1. The van der Waals surface area contributed by atoms with Crippen LogP contribution in [0.25, 0.3) is 0 Å². The van der Waals surface area contributed by atoms with E-state index in [1.54, 1.807) is 12.1 Å². The van der Waals surface area contributed by atoms with Crippen LogP contribution in [0, 0.1) is 11.7 Å². The minimum atomic E-state index is -0.103. The Morgan fingerprint density at radius 3 is 3.19 bits per heavy atom. The minimum Gasteiger partial charge on any atom is -0.309 e. The van der Waals surface area contributed by atoms with Crippen LogP contribution >= 0.6 is 11.8 Å². The zero-order valence-corrected chi connectivity index (χ0v) is 10.2. The number of rotatable bonds is 0. The van der Waals surface area contributed by atoms with Crippen molar-refractivity contribution in [2.75, 3.05) is 12.3 Å². The number of benzene rings is 1. The van der Waals surface area contributed by atoms with Crippen molar-refractivity contribution in [3.8, 4) is 0 Å². The first kappa shape index (κ1) is 10.6. The second-order valence-electron chi connectivity index (χ2n) is 4.91. The van der Waals surface area contributed by atoms with Crippen LogP contribution in [-0.2, 0) is 6.42 Å². The summed E-state index contributed by atoms with van der Waals surface area (Å²) in [6.45, 7) is 3.36. The molecule has 1 aromatic rings. The van der Waals surface area contributed by atoms with Crippen LogP contribution < -0.4 is 5.32 Å². The molecule has 3 heteroatoms. The molecule has 0 bridgehead atoms. The summed E-state index contributed by atoms with van der Waals surface area (Å²) in [5.41, 5.74) is 2.51. The second kappa shape index (κ2) is 4.04. The molecule has 1 N–H and O–H groups in total. The molecule has 0 radical (unpaired) electrons. The molecule has 3 unspecified atom stereocenters. The molecule has 1 nitrogen and oxygen atoms in total. The van der Waals surface area contributed by atoms with Gasteiger partial charge in [0.15, 0.2) is 0 Å². The topological polar surface area (TPSA) is 12.0 Å². The van der Waals surface area contributed by atoms with Gasteiger partial charge >= 0.3 is 0 Å². The molecule has 16 heavy (non-hydrogen) atoms. The van der Waals surface area contributed by atoms with E-state index in [0.29, 0.717) is 11.3 Å². The highest BCUT2D eigenvalue weighted by molar-refractivity contribution is 8.00. The lowest BCUT2D eigenvalue weighted by atomic mass is 10.1. The summed E-state index contributed by atoms with van der Waals surface area (Å²) in [6.07, 6.45) is 1.02. The molecule has 1 aromatic carbocycles. The summed E-state index contributed by atoms with van der Waals surface area (Å²) >= 11 is 2.04. The predicted molar refractivity (Wildman–Crippen MR) is 66.3 cm³/mol. The van der Waals surface area contributed by atoms with Gasteiger partial charge in [0.05, 0.1) is 0 Å². The molecule has 1 aliphatic carbocycles. The van der Waals surface area contributed by atoms with Gasteiger partial charge in [0.1, 0.15) is 5.82 Å². The summed E-state index contributed by atoms with van der Waals surface area (Å²) in [6, 6.07) is 5.68. The van der Waals surface area contributed by atoms with E-state index in [-0.39, 0.29) is 5.82 Å². The Bertz CT molecular complexity index is 407. The first-order chi connectivity index (χ1) is 7.74. The van der Waals surface area contributed by atoms with E-state index < -0.39 is 0 Å². The number of halogens is 1. The normalized spacial score (nSPS) is 33.0. The van der Waals surface area contributed by atoms with Crippen molar-refractivity contribution in [1.82, 2.24) is 5.32 Å². The van der Waals surface area contributed by atoms with Crippen LogP contribution in [0.4, 0.5) is 4.39 Å². The van der Waals surface area contributed by atoms with E-state index in [9.17, 15) is 4.39 Å². The van der Waals surface area contributed by atoms with E-state index in [4.69, 9.17) is 0 Å². The quantitative estimate of drug-likeness (QED) is 0.744. The Labute approximate surface area is 99.8 Å². The molecular formula is C13H16FNS. The maximum atomic E-state index is 13.2. The SMILES string of the molecule is CC1CNC2c3ccc(F)cc3CC2SC1. The molecule has 0 aromatic heterocycles. The molecule has 1 heterocycles. The van der Waals surface area contributed by atoms with Crippen LogP contribution in [-0.4, -0.2) is 17.5 Å². The highest BCUT2D eigenvalue weighted by atomic mass is 32.2. The van der Waals surface area contributed by atoms with E-state index in [0.717, 1.165) is 18.9 Å². The van der Waals surface area contributed by atoms with Crippen molar-refractivity contribution in [2.45, 2.75) is 24.6 Å². The van der Waals surface area contributed by atoms with Gasteiger partial charge in [0.25, 0.3) is 0 Å². The van der Waals surface area contributed by atoms with Gasteiger partial charge in [-0.3, -0.25) is 0 Å². The Morgan fingerprint density at radius 1 is 1.44 bits per heavy atom. The summed E-state index contributed by atoms with van der Waals surface area (Å²) in [4.78, 5) is 0. The van der Waals surface area contributed by atoms with Gasteiger partial charge in [-0.25, -0.2) is 4.39 Å². The van der Waals surface area contributed by atoms with Crippen molar-refractivity contribution in [3.05, 3.63) is 35.1 Å². The fraction of sp³-hybridized carbons (Fsp3) is 0.538. The fourth-order valence-electron chi connectivity index (χ4n) is 2.66. The third kappa shape index (κ3) is 1.76. The zero-order valence-electron chi connectivity index (χ0n) is 9.37. The average molecular weight is 237 g/mol. The second-order valence-corrected chi connectivity index (χ2v) is 6.18. The Balaban J connectivity index is 1.92. The molecule has 86 valence electrons. The van der Waals surface area contributed by atoms with Crippen LogP contribution in [0.15, 0.2) is 18.2 Å². The average Bonchev–Trinajstić information content (AvgIpc) is 2.50. The highest BCUT2D eigenvalue weighted by Crippen LogP contribution is 2.40. The van der Waals surface area contributed by atoms with Crippen molar-refractivity contribution in [1.29, 1.82) is 0 Å². The van der Waals surface area contributed by atoms with E-state index in [1.165, 1.54) is 16.9 Å². The molecule has 3 rings (SSSR count). The van der Waals surface area contributed by atoms with Gasteiger partial charge in [-0.2, -0.15) is 11.8 Å². The van der Waals surface area contributed by atoms with Gasteiger partial charge in [-0.05, 0) is 47.9 Å². The number of fused-ring (bicyclic) bond motifs is 3. The third-order valence-electron chi connectivity index (χ3n) is 3.51.